The number of hydrazone groups is 2. The number of carbonyl (C=O) groups excluding carboxylic acids is 2. The van der Waals surface area contributed by atoms with Gasteiger partial charge in [0, 0.05) is 16.7 Å². The first kappa shape index (κ1) is 25.9. The maximum Gasteiger partial charge on any atom is 0.277 e. The second kappa shape index (κ2) is 11.8. The van der Waals surface area contributed by atoms with Gasteiger partial charge in [-0.05, 0) is 57.9 Å². The van der Waals surface area contributed by atoms with E-state index in [1.54, 1.807) is 36.4 Å². The number of benzene rings is 5. The number of rotatable bonds is 8. The van der Waals surface area contributed by atoms with Gasteiger partial charge in [-0.25, -0.2) is 10.9 Å². The minimum Gasteiger partial charge on any atom is -0.507 e. The number of hydrogen-bond donors (Lipinski definition) is 4. The van der Waals surface area contributed by atoms with Gasteiger partial charge in [-0.15, -0.1) is 0 Å². The lowest BCUT2D eigenvalue weighted by Crippen LogP contribution is -2.24. The van der Waals surface area contributed by atoms with Crippen molar-refractivity contribution in [1.82, 2.24) is 10.9 Å². The molecule has 2 amide bonds. The molecule has 9 heteroatoms. The van der Waals surface area contributed by atoms with E-state index in [9.17, 15) is 19.8 Å². The number of aromatic hydroxyl groups is 2. The van der Waals surface area contributed by atoms with Crippen LogP contribution < -0.4 is 15.6 Å². The average molecular weight is 533 g/mol. The molecule has 5 aromatic carbocycles. The van der Waals surface area contributed by atoms with E-state index < -0.39 is 11.8 Å². The van der Waals surface area contributed by atoms with Crippen molar-refractivity contribution in [2.75, 3.05) is 6.61 Å². The SMILES string of the molecule is O=C(COc1ccc(C(=O)NN=Cc2c(O)ccc3ccccc23)cc1)NN=Cc1c(O)ccc2ccccc12. The molecule has 40 heavy (non-hydrogen) atoms. The first-order valence-electron chi connectivity index (χ1n) is 12.3. The number of nitrogens with one attached hydrogen (secondary N) is 2. The fourth-order valence-electron chi connectivity index (χ4n) is 4.11. The average Bonchev–Trinajstić information content (AvgIpc) is 2.98. The van der Waals surface area contributed by atoms with Gasteiger partial charge in [-0.3, -0.25) is 9.59 Å². The molecule has 0 heterocycles. The lowest BCUT2D eigenvalue weighted by Gasteiger charge is -2.07. The van der Waals surface area contributed by atoms with Crippen LogP contribution in [0.25, 0.3) is 21.5 Å². The van der Waals surface area contributed by atoms with Crippen molar-refractivity contribution in [1.29, 1.82) is 0 Å². The molecule has 0 aliphatic heterocycles. The number of hydrogen-bond acceptors (Lipinski definition) is 7. The molecule has 0 atom stereocenters. The predicted octanol–water partition coefficient (Wildman–Crippen LogP) is 4.70. The maximum atomic E-state index is 12.5. The molecular formula is C31H24N4O5. The first-order valence-corrected chi connectivity index (χ1v) is 12.3. The Labute approximate surface area is 229 Å². The highest BCUT2D eigenvalue weighted by molar-refractivity contribution is 6.04. The molecule has 5 aromatic rings. The van der Waals surface area contributed by atoms with Gasteiger partial charge in [0.25, 0.3) is 11.8 Å². The Kier molecular flexibility index (Phi) is 7.64. The zero-order valence-electron chi connectivity index (χ0n) is 21.1. The van der Waals surface area contributed by atoms with Gasteiger partial charge in [0.05, 0.1) is 12.4 Å². The van der Waals surface area contributed by atoms with Crippen LogP contribution in [0.4, 0.5) is 0 Å². The zero-order valence-corrected chi connectivity index (χ0v) is 21.1. The van der Waals surface area contributed by atoms with E-state index in [0.717, 1.165) is 21.5 Å². The maximum absolute atomic E-state index is 12.5. The van der Waals surface area contributed by atoms with E-state index >= 15 is 0 Å². The summed E-state index contributed by atoms with van der Waals surface area (Å²) in [4.78, 5) is 24.6. The van der Waals surface area contributed by atoms with Gasteiger partial charge >= 0.3 is 0 Å². The van der Waals surface area contributed by atoms with Crippen LogP contribution in [0.3, 0.4) is 0 Å². The molecule has 0 fully saturated rings. The highest BCUT2D eigenvalue weighted by Crippen LogP contribution is 2.26. The number of phenolic OH excluding ortho intramolecular Hbond substituents is 2. The minimum atomic E-state index is -0.496. The molecule has 4 N–H and O–H groups in total. The molecule has 0 unspecified atom stereocenters. The van der Waals surface area contributed by atoms with Crippen LogP contribution in [0, 0.1) is 0 Å². The van der Waals surface area contributed by atoms with Crippen LogP contribution in [0.15, 0.2) is 107 Å². The zero-order chi connectivity index (χ0) is 27.9. The van der Waals surface area contributed by atoms with Crippen molar-refractivity contribution in [2.45, 2.75) is 0 Å². The van der Waals surface area contributed by atoms with Crippen molar-refractivity contribution >= 4 is 45.8 Å². The number of nitrogens with zero attached hydrogens (tertiary/aromatic N) is 2. The molecule has 0 aliphatic rings. The van der Waals surface area contributed by atoms with Crippen LogP contribution in [0.1, 0.15) is 21.5 Å². The van der Waals surface area contributed by atoms with E-state index in [4.69, 9.17) is 4.74 Å². The number of carbonyl (C=O) groups is 2. The van der Waals surface area contributed by atoms with Crippen LogP contribution in [0.2, 0.25) is 0 Å². The van der Waals surface area contributed by atoms with Crippen LogP contribution >= 0.6 is 0 Å². The monoisotopic (exact) mass is 532 g/mol. The summed E-state index contributed by atoms with van der Waals surface area (Å²) in [6, 6.07) is 28.0. The lowest BCUT2D eigenvalue weighted by atomic mass is 10.0. The summed E-state index contributed by atoms with van der Waals surface area (Å²) in [7, 11) is 0. The molecule has 0 saturated carbocycles. The third kappa shape index (κ3) is 5.89. The fraction of sp³-hybridized carbons (Fsp3) is 0.0323. The molecule has 0 aliphatic carbocycles. The number of phenols is 2. The second-order valence-corrected chi connectivity index (χ2v) is 8.74. The summed E-state index contributed by atoms with van der Waals surface area (Å²) in [6.07, 6.45) is 2.78. The molecule has 198 valence electrons. The normalized spacial score (nSPS) is 11.3. The van der Waals surface area contributed by atoms with Crippen molar-refractivity contribution in [3.05, 3.63) is 114 Å². The van der Waals surface area contributed by atoms with Crippen molar-refractivity contribution in [3.8, 4) is 17.2 Å². The minimum absolute atomic E-state index is 0.0504. The van der Waals surface area contributed by atoms with Crippen molar-refractivity contribution in [2.24, 2.45) is 10.2 Å². The molecule has 0 radical (unpaired) electrons. The highest BCUT2D eigenvalue weighted by Gasteiger charge is 2.08. The van der Waals surface area contributed by atoms with E-state index in [1.165, 1.54) is 24.6 Å². The van der Waals surface area contributed by atoms with Crippen molar-refractivity contribution in [3.63, 3.8) is 0 Å². The van der Waals surface area contributed by atoms with Gasteiger partial charge < -0.3 is 14.9 Å². The highest BCUT2D eigenvalue weighted by atomic mass is 16.5. The largest absolute Gasteiger partial charge is 0.507 e. The summed E-state index contributed by atoms with van der Waals surface area (Å²) in [5, 5.41) is 31.8. The van der Waals surface area contributed by atoms with Gasteiger partial charge in [-0.2, -0.15) is 10.2 Å². The van der Waals surface area contributed by atoms with Crippen LogP contribution in [-0.2, 0) is 4.79 Å². The van der Waals surface area contributed by atoms with E-state index in [1.807, 2.05) is 48.5 Å². The molecule has 0 saturated heterocycles. The van der Waals surface area contributed by atoms with Gasteiger partial charge in [0.2, 0.25) is 0 Å². The molecule has 0 aromatic heterocycles. The number of amides is 2. The lowest BCUT2D eigenvalue weighted by molar-refractivity contribution is -0.123. The molecule has 9 nitrogen and oxygen atoms in total. The fourth-order valence-corrected chi connectivity index (χ4v) is 4.11. The molecular weight excluding hydrogens is 508 g/mol. The summed E-state index contributed by atoms with van der Waals surface area (Å²) in [5.41, 5.74) is 6.13. The summed E-state index contributed by atoms with van der Waals surface area (Å²) >= 11 is 0. The molecule has 5 rings (SSSR count). The second-order valence-electron chi connectivity index (χ2n) is 8.74. The third-order valence-electron chi connectivity index (χ3n) is 6.12. The molecule has 0 spiro atoms. The van der Waals surface area contributed by atoms with Crippen LogP contribution in [0.5, 0.6) is 17.2 Å². The van der Waals surface area contributed by atoms with E-state index in [-0.39, 0.29) is 18.1 Å². The third-order valence-corrected chi connectivity index (χ3v) is 6.12. The smallest absolute Gasteiger partial charge is 0.277 e. The Morgan fingerprint density at radius 3 is 1.77 bits per heavy atom. The standard InChI is InChI=1S/C31H24N4O5/c36-28-15-11-20-5-1-3-7-24(20)26(28)17-32-34-30(38)19-40-23-13-9-22(10-14-23)31(39)35-33-18-27-25-8-4-2-6-21(25)12-16-29(27)37/h1-18,36-37H,19H2,(H,34,38)(H,35,39). The Morgan fingerprint density at radius 2 is 1.20 bits per heavy atom. The van der Waals surface area contributed by atoms with Gasteiger partial charge in [-0.1, -0.05) is 60.7 Å². The Hall–Kier alpha value is -5.70. The van der Waals surface area contributed by atoms with Gasteiger partial charge in [0.1, 0.15) is 17.2 Å². The Bertz CT molecular complexity index is 1760. The van der Waals surface area contributed by atoms with E-state index in [0.29, 0.717) is 22.4 Å². The Balaban J connectivity index is 1.13. The number of fused-ring (bicyclic) bond motifs is 2. The van der Waals surface area contributed by atoms with Crippen LogP contribution in [-0.4, -0.2) is 41.1 Å². The summed E-state index contributed by atoms with van der Waals surface area (Å²) < 4.78 is 5.47. The summed E-state index contributed by atoms with van der Waals surface area (Å²) in [6.45, 7) is -0.302. The van der Waals surface area contributed by atoms with Crippen molar-refractivity contribution < 1.29 is 24.5 Å². The summed E-state index contributed by atoms with van der Waals surface area (Å²) in [5.74, 6) is -0.462. The van der Waals surface area contributed by atoms with Gasteiger partial charge in [0.15, 0.2) is 6.61 Å². The first-order chi connectivity index (χ1) is 19.5. The molecule has 0 bridgehead atoms. The number of ether oxygens (including phenoxy) is 1. The predicted molar refractivity (Wildman–Crippen MR) is 154 cm³/mol. The Morgan fingerprint density at radius 1 is 0.675 bits per heavy atom. The van der Waals surface area contributed by atoms with E-state index in [2.05, 4.69) is 21.1 Å². The topological polar surface area (TPSA) is 133 Å². The quantitative estimate of drug-likeness (QED) is 0.170.